The Bertz CT molecular complexity index is 245. The van der Waals surface area contributed by atoms with Gasteiger partial charge in [-0.25, -0.2) is 0 Å². The van der Waals surface area contributed by atoms with Crippen molar-refractivity contribution in [2.75, 3.05) is 7.11 Å². The van der Waals surface area contributed by atoms with Crippen LogP contribution in [0.3, 0.4) is 0 Å². The number of hydrogen-bond acceptors (Lipinski definition) is 3. The third-order valence-electron chi connectivity index (χ3n) is 4.17. The molecule has 3 heteroatoms. The molecular weight excluding hydrogens is 180 g/mol. The zero-order valence-electron chi connectivity index (χ0n) is 8.54. The lowest BCUT2D eigenvalue weighted by Gasteiger charge is -2.49. The number of ether oxygens (including phenoxy) is 1. The summed E-state index contributed by atoms with van der Waals surface area (Å²) in [6.07, 6.45) is 6.20. The second-order valence-corrected chi connectivity index (χ2v) is 4.75. The second-order valence-electron chi connectivity index (χ2n) is 4.75. The first-order valence-electron chi connectivity index (χ1n) is 5.21. The first kappa shape index (κ1) is 9.69. The molecule has 0 aliphatic heterocycles. The Morgan fingerprint density at radius 1 is 1.14 bits per heavy atom. The normalized spacial score (nSPS) is 40.6. The third kappa shape index (κ3) is 1.18. The predicted molar refractivity (Wildman–Crippen MR) is 50.6 cm³/mol. The van der Waals surface area contributed by atoms with Crippen molar-refractivity contribution < 1.29 is 14.3 Å². The van der Waals surface area contributed by atoms with E-state index in [0.29, 0.717) is 0 Å². The molecule has 3 saturated carbocycles. The van der Waals surface area contributed by atoms with Crippen LogP contribution in [-0.2, 0) is 14.3 Å². The van der Waals surface area contributed by atoms with Gasteiger partial charge in [-0.05, 0) is 38.5 Å². The monoisotopic (exact) mass is 196 g/mol. The molecule has 3 aliphatic rings. The summed E-state index contributed by atoms with van der Waals surface area (Å²) in [6, 6.07) is 0. The van der Waals surface area contributed by atoms with E-state index < -0.39 is 0 Å². The highest BCUT2D eigenvalue weighted by molar-refractivity contribution is 5.78. The van der Waals surface area contributed by atoms with Crippen molar-refractivity contribution in [3.05, 3.63) is 0 Å². The lowest BCUT2D eigenvalue weighted by atomic mass is 9.54. The number of esters is 1. The quantitative estimate of drug-likeness (QED) is 0.498. The zero-order chi connectivity index (χ0) is 10.2. The van der Waals surface area contributed by atoms with Crippen LogP contribution in [0.4, 0.5) is 0 Å². The maximum atomic E-state index is 11.6. The predicted octanol–water partition coefficient (Wildman–Crippen LogP) is 1.70. The molecule has 78 valence electrons. The van der Waals surface area contributed by atoms with Gasteiger partial charge in [-0.15, -0.1) is 0 Å². The van der Waals surface area contributed by atoms with E-state index in [1.807, 2.05) is 0 Å². The highest BCUT2D eigenvalue weighted by atomic mass is 16.5. The zero-order valence-corrected chi connectivity index (χ0v) is 8.54. The van der Waals surface area contributed by atoms with E-state index in [4.69, 9.17) is 4.74 Å². The molecule has 0 N–H and O–H groups in total. The Morgan fingerprint density at radius 2 is 1.64 bits per heavy atom. The van der Waals surface area contributed by atoms with Crippen molar-refractivity contribution >= 4 is 12.3 Å². The first-order chi connectivity index (χ1) is 6.66. The van der Waals surface area contributed by atoms with E-state index in [2.05, 4.69) is 0 Å². The Morgan fingerprint density at radius 3 is 2.00 bits per heavy atom. The van der Waals surface area contributed by atoms with Gasteiger partial charge in [0.15, 0.2) is 0 Å². The van der Waals surface area contributed by atoms with Gasteiger partial charge in [-0.1, -0.05) is 0 Å². The van der Waals surface area contributed by atoms with Gasteiger partial charge in [0, 0.05) is 5.41 Å². The number of hydrogen-bond donors (Lipinski definition) is 0. The van der Waals surface area contributed by atoms with E-state index >= 15 is 0 Å². The molecule has 0 saturated heterocycles. The van der Waals surface area contributed by atoms with Gasteiger partial charge in [0.2, 0.25) is 0 Å². The minimum atomic E-state index is -0.250. The SMILES string of the molecule is COC(=O)C12CCC(C=O)(CC1)CC2. The maximum Gasteiger partial charge on any atom is 0.311 e. The molecule has 0 heterocycles. The molecule has 0 atom stereocenters. The molecule has 0 aromatic rings. The van der Waals surface area contributed by atoms with Crippen molar-refractivity contribution in [2.24, 2.45) is 10.8 Å². The molecular formula is C11H16O3. The van der Waals surface area contributed by atoms with Crippen LogP contribution in [0.15, 0.2) is 0 Å². The minimum Gasteiger partial charge on any atom is -0.469 e. The highest BCUT2D eigenvalue weighted by Crippen LogP contribution is 2.56. The molecule has 0 aromatic carbocycles. The number of rotatable bonds is 2. The molecule has 3 nitrogen and oxygen atoms in total. The third-order valence-corrected chi connectivity index (χ3v) is 4.17. The average molecular weight is 196 g/mol. The van der Waals surface area contributed by atoms with Crippen LogP contribution in [0.25, 0.3) is 0 Å². The Labute approximate surface area is 83.8 Å². The van der Waals surface area contributed by atoms with Crippen molar-refractivity contribution in [1.29, 1.82) is 0 Å². The smallest absolute Gasteiger partial charge is 0.311 e. The molecule has 0 unspecified atom stereocenters. The van der Waals surface area contributed by atoms with Gasteiger partial charge in [-0.3, -0.25) is 4.79 Å². The number of methoxy groups -OCH3 is 1. The van der Waals surface area contributed by atoms with Crippen molar-refractivity contribution in [3.8, 4) is 0 Å². The van der Waals surface area contributed by atoms with E-state index in [0.717, 1.165) is 44.8 Å². The standard InChI is InChI=1S/C11H16O3/c1-14-9(13)11-5-2-10(8-12,3-6-11)4-7-11/h8H,2-7H2,1H3. The summed E-state index contributed by atoms with van der Waals surface area (Å²) < 4.78 is 4.85. The Hall–Kier alpha value is -0.860. The Kier molecular flexibility index (Phi) is 2.13. The fourth-order valence-electron chi connectivity index (χ4n) is 2.91. The molecule has 14 heavy (non-hydrogen) atoms. The van der Waals surface area contributed by atoms with Crippen LogP contribution in [0.2, 0.25) is 0 Å². The van der Waals surface area contributed by atoms with Crippen LogP contribution >= 0.6 is 0 Å². The molecule has 0 amide bonds. The second kappa shape index (κ2) is 3.07. The van der Waals surface area contributed by atoms with E-state index in [9.17, 15) is 9.59 Å². The van der Waals surface area contributed by atoms with Gasteiger partial charge >= 0.3 is 5.97 Å². The van der Waals surface area contributed by atoms with Gasteiger partial charge < -0.3 is 9.53 Å². The van der Waals surface area contributed by atoms with Gasteiger partial charge in [0.1, 0.15) is 6.29 Å². The summed E-state index contributed by atoms with van der Waals surface area (Å²) in [5.74, 6) is -0.0725. The van der Waals surface area contributed by atoms with Crippen LogP contribution in [0.5, 0.6) is 0 Å². The fraction of sp³-hybridized carbons (Fsp3) is 0.818. The van der Waals surface area contributed by atoms with E-state index in [1.165, 1.54) is 7.11 Å². The fourth-order valence-corrected chi connectivity index (χ4v) is 2.91. The first-order valence-corrected chi connectivity index (χ1v) is 5.21. The number of carbonyl (C=O) groups excluding carboxylic acids is 2. The number of carbonyl (C=O) groups is 2. The summed E-state index contributed by atoms with van der Waals surface area (Å²) in [7, 11) is 1.45. The topological polar surface area (TPSA) is 43.4 Å². The summed E-state index contributed by atoms with van der Waals surface area (Å²) in [5.41, 5.74) is -0.352. The maximum absolute atomic E-state index is 11.6. The van der Waals surface area contributed by atoms with Gasteiger partial charge in [0.25, 0.3) is 0 Å². The average Bonchev–Trinajstić information content (AvgIpc) is 2.30. The summed E-state index contributed by atoms with van der Waals surface area (Å²) in [6.45, 7) is 0. The largest absolute Gasteiger partial charge is 0.469 e. The van der Waals surface area contributed by atoms with Crippen LogP contribution < -0.4 is 0 Å². The summed E-state index contributed by atoms with van der Waals surface area (Å²) in [5, 5.41) is 0. The van der Waals surface area contributed by atoms with Crippen LogP contribution in [0, 0.1) is 10.8 Å². The van der Waals surface area contributed by atoms with Gasteiger partial charge in [-0.2, -0.15) is 0 Å². The van der Waals surface area contributed by atoms with Crippen molar-refractivity contribution in [1.82, 2.24) is 0 Å². The number of aldehydes is 1. The van der Waals surface area contributed by atoms with E-state index in [1.54, 1.807) is 0 Å². The molecule has 3 fully saturated rings. The van der Waals surface area contributed by atoms with Crippen molar-refractivity contribution in [2.45, 2.75) is 38.5 Å². The molecule has 0 spiro atoms. The van der Waals surface area contributed by atoms with E-state index in [-0.39, 0.29) is 16.8 Å². The van der Waals surface area contributed by atoms with Crippen LogP contribution in [-0.4, -0.2) is 19.4 Å². The molecule has 0 radical (unpaired) electrons. The Balaban J connectivity index is 2.16. The summed E-state index contributed by atoms with van der Waals surface area (Å²) >= 11 is 0. The van der Waals surface area contributed by atoms with Gasteiger partial charge in [0.05, 0.1) is 12.5 Å². The highest BCUT2D eigenvalue weighted by Gasteiger charge is 2.52. The lowest BCUT2D eigenvalue weighted by Crippen LogP contribution is -2.46. The van der Waals surface area contributed by atoms with Crippen LogP contribution in [0.1, 0.15) is 38.5 Å². The minimum absolute atomic E-state index is 0.0725. The molecule has 3 rings (SSSR count). The molecule has 2 bridgehead atoms. The molecule has 0 aromatic heterocycles. The van der Waals surface area contributed by atoms with Crippen molar-refractivity contribution in [3.63, 3.8) is 0 Å². The number of fused-ring (bicyclic) bond motifs is 3. The molecule has 3 aliphatic carbocycles. The summed E-state index contributed by atoms with van der Waals surface area (Å²) in [4.78, 5) is 22.6. The lowest BCUT2D eigenvalue weighted by molar-refractivity contribution is -0.163.